The van der Waals surface area contributed by atoms with Crippen LogP contribution in [0.1, 0.15) is 24.5 Å². The van der Waals surface area contributed by atoms with Crippen molar-refractivity contribution in [1.29, 1.82) is 5.41 Å². The van der Waals surface area contributed by atoms with E-state index in [9.17, 15) is 4.79 Å². The predicted octanol–water partition coefficient (Wildman–Crippen LogP) is 1.99. The molecule has 1 aromatic rings. The lowest BCUT2D eigenvalue weighted by Crippen LogP contribution is -2.46. The smallest absolute Gasteiger partial charge is 0.328 e. The third-order valence-corrected chi connectivity index (χ3v) is 2.72. The van der Waals surface area contributed by atoms with E-state index in [-0.39, 0.29) is 5.96 Å². The van der Waals surface area contributed by atoms with Crippen molar-refractivity contribution in [2.75, 3.05) is 11.9 Å². The minimum absolute atomic E-state index is 0.277. The maximum Gasteiger partial charge on any atom is 0.328 e. The van der Waals surface area contributed by atoms with Gasteiger partial charge in [-0.2, -0.15) is 0 Å². The van der Waals surface area contributed by atoms with Crippen LogP contribution in [0.3, 0.4) is 0 Å². The summed E-state index contributed by atoms with van der Waals surface area (Å²) in [6.45, 7) is 3.98. The van der Waals surface area contributed by atoms with Gasteiger partial charge in [-0.25, -0.2) is 9.69 Å². The van der Waals surface area contributed by atoms with Crippen molar-refractivity contribution in [3.05, 3.63) is 29.3 Å². The van der Waals surface area contributed by atoms with Crippen LogP contribution in [0.15, 0.2) is 18.2 Å². The van der Waals surface area contributed by atoms with Crippen LogP contribution in [-0.4, -0.2) is 19.0 Å². The molecule has 0 spiro atoms. The van der Waals surface area contributed by atoms with Crippen molar-refractivity contribution in [2.24, 2.45) is 5.73 Å². The number of urea groups is 1. The summed E-state index contributed by atoms with van der Waals surface area (Å²) in [7, 11) is 1.52. The van der Waals surface area contributed by atoms with Crippen LogP contribution in [0.2, 0.25) is 0 Å². The molecule has 0 unspecified atom stereocenters. The van der Waals surface area contributed by atoms with Crippen LogP contribution >= 0.6 is 0 Å². The summed E-state index contributed by atoms with van der Waals surface area (Å²) in [5, 5.41) is 10.1. The molecule has 98 valence electrons. The first-order chi connectivity index (χ1) is 8.52. The molecule has 0 bridgehead atoms. The molecule has 1 aromatic carbocycles. The topological polar surface area (TPSA) is 82.2 Å². The third kappa shape index (κ3) is 2.80. The Morgan fingerprint density at radius 1 is 1.50 bits per heavy atom. The Hall–Kier alpha value is -2.04. The maximum atomic E-state index is 11.9. The fourth-order valence-electron chi connectivity index (χ4n) is 1.95. The molecular formula is C13H20N4O. The molecule has 0 saturated heterocycles. The molecule has 2 amide bonds. The van der Waals surface area contributed by atoms with E-state index in [2.05, 4.69) is 12.2 Å². The number of carbonyl (C=O) groups is 1. The Morgan fingerprint density at radius 3 is 2.67 bits per heavy atom. The van der Waals surface area contributed by atoms with Gasteiger partial charge in [0.05, 0.1) is 5.69 Å². The lowest BCUT2D eigenvalue weighted by atomic mass is 10.0. The number of guanidine groups is 1. The molecular weight excluding hydrogens is 228 g/mol. The summed E-state index contributed by atoms with van der Waals surface area (Å²) in [5.74, 6) is -0.277. The van der Waals surface area contributed by atoms with Crippen LogP contribution in [0.4, 0.5) is 10.5 Å². The molecule has 0 aliphatic rings. The second-order valence-electron chi connectivity index (χ2n) is 4.11. The number of nitrogens with two attached hydrogens (primary N) is 1. The van der Waals surface area contributed by atoms with E-state index >= 15 is 0 Å². The second-order valence-corrected chi connectivity index (χ2v) is 4.11. The van der Waals surface area contributed by atoms with Gasteiger partial charge in [-0.15, -0.1) is 0 Å². The highest BCUT2D eigenvalue weighted by Crippen LogP contribution is 2.26. The predicted molar refractivity (Wildman–Crippen MR) is 74.0 cm³/mol. The molecule has 0 fully saturated rings. The zero-order valence-corrected chi connectivity index (χ0v) is 11.1. The number of hydrogen-bond acceptors (Lipinski definition) is 2. The number of nitrogens with one attached hydrogen (secondary N) is 2. The number of para-hydroxylation sites is 1. The summed E-state index contributed by atoms with van der Waals surface area (Å²) >= 11 is 0. The number of nitrogens with zero attached hydrogens (tertiary/aromatic N) is 1. The van der Waals surface area contributed by atoms with Crippen LogP contribution in [0.25, 0.3) is 0 Å². The average molecular weight is 248 g/mol. The molecule has 18 heavy (non-hydrogen) atoms. The molecule has 4 N–H and O–H groups in total. The first-order valence-electron chi connectivity index (χ1n) is 5.97. The fraction of sp³-hybridized carbons (Fsp3) is 0.385. The van der Waals surface area contributed by atoms with E-state index in [4.69, 9.17) is 11.1 Å². The van der Waals surface area contributed by atoms with E-state index in [1.54, 1.807) is 0 Å². The lowest BCUT2D eigenvalue weighted by molar-refractivity contribution is 0.251. The Bertz CT molecular complexity index is 456. The van der Waals surface area contributed by atoms with Crippen molar-refractivity contribution in [1.82, 2.24) is 5.32 Å². The zero-order valence-electron chi connectivity index (χ0n) is 11.1. The third-order valence-electron chi connectivity index (χ3n) is 2.72. The monoisotopic (exact) mass is 248 g/mol. The zero-order chi connectivity index (χ0) is 13.7. The van der Waals surface area contributed by atoms with E-state index in [0.717, 1.165) is 24.0 Å². The van der Waals surface area contributed by atoms with Crippen LogP contribution in [-0.2, 0) is 6.42 Å². The molecule has 0 saturated carbocycles. The number of amides is 2. The number of aryl methyl sites for hydroxylation is 2. The molecule has 0 atom stereocenters. The summed E-state index contributed by atoms with van der Waals surface area (Å²) < 4.78 is 0. The standard InChI is InChI=1S/C13H20N4O/c1-4-6-10-8-5-7-9(2)11(10)17(12(14)15)13(18)16-3/h5,7-8H,4,6H2,1-3H3,(H3,14,15)(H,16,18). The summed E-state index contributed by atoms with van der Waals surface area (Å²) in [4.78, 5) is 13.1. The van der Waals surface area contributed by atoms with Gasteiger partial charge in [0.25, 0.3) is 0 Å². The SMILES string of the molecule is CCCc1cccc(C)c1N(C(=N)N)C(=O)NC. The van der Waals surface area contributed by atoms with Gasteiger partial charge in [-0.3, -0.25) is 5.41 Å². The molecule has 5 heteroatoms. The first kappa shape index (κ1) is 14.0. The number of hydrogen-bond donors (Lipinski definition) is 3. The lowest BCUT2D eigenvalue weighted by Gasteiger charge is -2.24. The molecule has 5 nitrogen and oxygen atoms in total. The molecule has 0 heterocycles. The van der Waals surface area contributed by atoms with Crippen LogP contribution < -0.4 is 16.0 Å². The Morgan fingerprint density at radius 2 is 2.17 bits per heavy atom. The minimum atomic E-state index is -0.394. The Labute approximate surface area is 107 Å². The van der Waals surface area contributed by atoms with Gasteiger partial charge in [0, 0.05) is 7.05 Å². The van der Waals surface area contributed by atoms with Gasteiger partial charge in [0.15, 0.2) is 0 Å². The summed E-state index contributed by atoms with van der Waals surface area (Å²) in [6, 6.07) is 5.43. The van der Waals surface area contributed by atoms with Gasteiger partial charge < -0.3 is 11.1 Å². The average Bonchev–Trinajstić information content (AvgIpc) is 2.32. The molecule has 0 aliphatic heterocycles. The van der Waals surface area contributed by atoms with Crippen LogP contribution in [0.5, 0.6) is 0 Å². The quantitative estimate of drug-likeness (QED) is 0.564. The van der Waals surface area contributed by atoms with Crippen molar-refractivity contribution < 1.29 is 4.79 Å². The molecule has 0 radical (unpaired) electrons. The summed E-state index contributed by atoms with van der Waals surface area (Å²) in [5.41, 5.74) is 8.20. The van der Waals surface area contributed by atoms with E-state index < -0.39 is 6.03 Å². The van der Waals surface area contributed by atoms with Crippen molar-refractivity contribution in [3.63, 3.8) is 0 Å². The second kappa shape index (κ2) is 6.05. The van der Waals surface area contributed by atoms with Crippen molar-refractivity contribution in [3.8, 4) is 0 Å². The van der Waals surface area contributed by atoms with Crippen molar-refractivity contribution >= 4 is 17.7 Å². The van der Waals surface area contributed by atoms with Gasteiger partial charge in [-0.05, 0) is 24.5 Å². The van der Waals surface area contributed by atoms with Crippen molar-refractivity contribution in [2.45, 2.75) is 26.7 Å². The van der Waals surface area contributed by atoms with Gasteiger partial charge in [-0.1, -0.05) is 31.5 Å². The van der Waals surface area contributed by atoms with Gasteiger partial charge in [0.1, 0.15) is 0 Å². The highest BCUT2D eigenvalue weighted by molar-refractivity contribution is 6.14. The number of anilines is 1. The van der Waals surface area contributed by atoms with Crippen LogP contribution in [0, 0.1) is 12.3 Å². The highest BCUT2D eigenvalue weighted by atomic mass is 16.2. The largest absolute Gasteiger partial charge is 0.369 e. The Kier molecular flexibility index (Phi) is 4.71. The van der Waals surface area contributed by atoms with E-state index in [0.29, 0.717) is 5.69 Å². The Balaban J connectivity index is 3.34. The highest BCUT2D eigenvalue weighted by Gasteiger charge is 2.21. The first-order valence-corrected chi connectivity index (χ1v) is 5.97. The fourth-order valence-corrected chi connectivity index (χ4v) is 1.95. The molecule has 0 aromatic heterocycles. The van der Waals surface area contributed by atoms with E-state index in [1.165, 1.54) is 11.9 Å². The number of benzene rings is 1. The number of carbonyl (C=O) groups excluding carboxylic acids is 1. The maximum absolute atomic E-state index is 11.9. The molecule has 0 aliphatic carbocycles. The van der Waals surface area contributed by atoms with E-state index in [1.807, 2.05) is 25.1 Å². The number of rotatable bonds is 3. The minimum Gasteiger partial charge on any atom is -0.369 e. The van der Waals surface area contributed by atoms with Gasteiger partial charge in [0.2, 0.25) is 5.96 Å². The van der Waals surface area contributed by atoms with Gasteiger partial charge >= 0.3 is 6.03 Å². The molecule has 1 rings (SSSR count). The summed E-state index contributed by atoms with van der Waals surface area (Å²) in [6.07, 6.45) is 1.81. The normalized spacial score (nSPS) is 9.94.